The zero-order valence-electron chi connectivity index (χ0n) is 6.61. The lowest BCUT2D eigenvalue weighted by Gasteiger charge is -2.13. The Balaban J connectivity index is 2.43. The van der Waals surface area contributed by atoms with Gasteiger partial charge in [-0.2, -0.15) is 13.9 Å². The molecule has 0 atom stereocenters. The van der Waals surface area contributed by atoms with Crippen LogP contribution in [-0.4, -0.2) is 16.8 Å². The lowest BCUT2D eigenvalue weighted by atomic mass is 10.1. The number of ether oxygens (including phenoxy) is 1. The Kier molecular flexibility index (Phi) is 2.26. The van der Waals surface area contributed by atoms with E-state index in [2.05, 4.69) is 10.2 Å². The van der Waals surface area contributed by atoms with E-state index in [0.29, 0.717) is 18.6 Å². The number of aromatic amines is 1. The van der Waals surface area contributed by atoms with E-state index in [1.165, 1.54) is 0 Å². The van der Waals surface area contributed by atoms with Crippen molar-refractivity contribution in [3.63, 3.8) is 0 Å². The second-order valence-electron chi connectivity index (χ2n) is 2.83. The smallest absolute Gasteiger partial charge is 0.340 e. The van der Waals surface area contributed by atoms with Crippen LogP contribution in [-0.2, 0) is 21.7 Å². The van der Waals surface area contributed by atoms with E-state index in [0.717, 1.165) is 28.3 Å². The summed E-state index contributed by atoms with van der Waals surface area (Å²) >= 11 is 1.07. The van der Waals surface area contributed by atoms with Gasteiger partial charge in [0.1, 0.15) is 5.69 Å². The predicted molar refractivity (Wildman–Crippen MR) is 49.9 cm³/mol. The Labute approximate surface area is 87.0 Å². The lowest BCUT2D eigenvalue weighted by molar-refractivity contribution is 0.0952. The normalized spacial score (nSPS) is 17.2. The second kappa shape index (κ2) is 3.16. The third-order valence-corrected chi connectivity index (χ3v) is 2.47. The topological polar surface area (TPSA) is 37.9 Å². The molecule has 72 valence electrons. The average Bonchev–Trinajstić information content (AvgIpc) is 2.45. The molecule has 0 radical (unpaired) electrons. The van der Waals surface area contributed by atoms with Crippen LogP contribution >= 0.6 is 22.6 Å². The van der Waals surface area contributed by atoms with Crippen LogP contribution in [0.3, 0.4) is 0 Å². The molecule has 0 bridgehead atoms. The van der Waals surface area contributed by atoms with E-state index in [1.807, 2.05) is 0 Å². The molecule has 0 aliphatic carbocycles. The number of hydrogen-bond acceptors (Lipinski definition) is 2. The van der Waals surface area contributed by atoms with Crippen LogP contribution in [0.25, 0.3) is 0 Å². The third-order valence-electron chi connectivity index (χ3n) is 1.96. The van der Waals surface area contributed by atoms with Gasteiger partial charge in [0.15, 0.2) is 0 Å². The molecule has 0 saturated carbocycles. The molecule has 3 nitrogen and oxygen atoms in total. The lowest BCUT2D eigenvalue weighted by Crippen LogP contribution is -2.13. The Morgan fingerprint density at radius 1 is 1.54 bits per heavy atom. The minimum Gasteiger partial charge on any atom is -0.376 e. The summed E-state index contributed by atoms with van der Waals surface area (Å²) in [4.78, 5) is 0. The van der Waals surface area contributed by atoms with E-state index < -0.39 is 3.93 Å². The molecule has 1 aromatic heterocycles. The summed E-state index contributed by atoms with van der Waals surface area (Å²) in [5.41, 5.74) is 1.10. The molecule has 1 N–H and O–H groups in total. The second-order valence-corrected chi connectivity index (χ2v) is 4.18. The molecule has 13 heavy (non-hydrogen) atoms. The first-order valence-electron chi connectivity index (χ1n) is 3.80. The number of halogens is 3. The molecule has 1 aromatic rings. The average molecular weight is 300 g/mol. The quantitative estimate of drug-likeness (QED) is 0.636. The third kappa shape index (κ3) is 1.69. The van der Waals surface area contributed by atoms with Gasteiger partial charge in [-0.1, -0.05) is 0 Å². The highest BCUT2D eigenvalue weighted by atomic mass is 127. The number of rotatable bonds is 1. The van der Waals surface area contributed by atoms with Gasteiger partial charge < -0.3 is 4.74 Å². The van der Waals surface area contributed by atoms with E-state index in [-0.39, 0.29) is 12.3 Å². The molecule has 1 aliphatic rings. The number of aromatic nitrogens is 2. The summed E-state index contributed by atoms with van der Waals surface area (Å²) in [6.45, 7) is 0.807. The van der Waals surface area contributed by atoms with Gasteiger partial charge in [-0.05, 0) is 0 Å². The fourth-order valence-electron chi connectivity index (χ4n) is 1.35. The molecule has 0 fully saturated rings. The number of hydrogen-bond donors (Lipinski definition) is 1. The van der Waals surface area contributed by atoms with Crippen LogP contribution in [0.2, 0.25) is 0 Å². The van der Waals surface area contributed by atoms with Crippen LogP contribution in [0.15, 0.2) is 0 Å². The number of nitrogens with zero attached hydrogens (tertiary/aromatic N) is 1. The van der Waals surface area contributed by atoms with Gasteiger partial charge in [0.2, 0.25) is 0 Å². The summed E-state index contributed by atoms with van der Waals surface area (Å²) in [7, 11) is 0. The maximum absolute atomic E-state index is 12.9. The maximum Gasteiger partial charge on any atom is 0.340 e. The van der Waals surface area contributed by atoms with Crippen molar-refractivity contribution in [2.45, 2.75) is 17.0 Å². The Morgan fingerprint density at radius 3 is 3.00 bits per heavy atom. The van der Waals surface area contributed by atoms with Crippen molar-refractivity contribution < 1.29 is 13.5 Å². The van der Waals surface area contributed by atoms with Crippen LogP contribution in [0.5, 0.6) is 0 Å². The van der Waals surface area contributed by atoms with Crippen LogP contribution < -0.4 is 0 Å². The van der Waals surface area contributed by atoms with Crippen molar-refractivity contribution in [1.82, 2.24) is 10.2 Å². The van der Waals surface area contributed by atoms with Crippen molar-refractivity contribution in [1.29, 1.82) is 0 Å². The molecule has 2 rings (SSSR count). The SMILES string of the molecule is FC(F)(I)c1n[nH]c2c1COCC2. The van der Waals surface area contributed by atoms with Gasteiger partial charge in [0, 0.05) is 40.3 Å². The van der Waals surface area contributed by atoms with Crippen LogP contribution in [0, 0.1) is 0 Å². The van der Waals surface area contributed by atoms with E-state index in [9.17, 15) is 8.78 Å². The molecule has 2 heterocycles. The summed E-state index contributed by atoms with van der Waals surface area (Å²) in [5, 5.41) is 6.22. The summed E-state index contributed by atoms with van der Waals surface area (Å²) < 4.78 is 28.0. The molecule has 1 aliphatic heterocycles. The minimum absolute atomic E-state index is 0.192. The van der Waals surface area contributed by atoms with Gasteiger partial charge in [-0.3, -0.25) is 5.10 Å². The largest absolute Gasteiger partial charge is 0.376 e. The maximum atomic E-state index is 12.9. The Morgan fingerprint density at radius 2 is 2.31 bits per heavy atom. The Hall–Kier alpha value is -0.240. The molecule has 0 spiro atoms. The first-order valence-corrected chi connectivity index (χ1v) is 4.88. The van der Waals surface area contributed by atoms with Crippen LogP contribution in [0.4, 0.5) is 8.78 Å². The summed E-state index contributed by atoms with van der Waals surface area (Å²) in [5.74, 6) is 0. The van der Waals surface area contributed by atoms with Crippen molar-refractivity contribution in [3.05, 3.63) is 17.0 Å². The highest BCUT2D eigenvalue weighted by Crippen LogP contribution is 2.37. The number of alkyl halides is 3. The van der Waals surface area contributed by atoms with Gasteiger partial charge in [0.05, 0.1) is 13.2 Å². The minimum atomic E-state index is -2.91. The van der Waals surface area contributed by atoms with Crippen molar-refractivity contribution in [2.75, 3.05) is 6.61 Å². The molecule has 0 amide bonds. The zero-order chi connectivity index (χ0) is 9.47. The monoisotopic (exact) mass is 300 g/mol. The van der Waals surface area contributed by atoms with Crippen molar-refractivity contribution in [2.24, 2.45) is 0 Å². The van der Waals surface area contributed by atoms with Gasteiger partial charge >= 0.3 is 3.93 Å². The molecule has 0 aromatic carbocycles. The van der Waals surface area contributed by atoms with E-state index in [1.54, 1.807) is 0 Å². The number of fused-ring (bicyclic) bond motifs is 1. The summed E-state index contributed by atoms with van der Waals surface area (Å²) in [6, 6.07) is 0. The fourth-order valence-corrected chi connectivity index (χ4v) is 1.79. The van der Waals surface area contributed by atoms with Gasteiger partial charge in [-0.15, -0.1) is 0 Å². The van der Waals surface area contributed by atoms with Gasteiger partial charge in [0.25, 0.3) is 0 Å². The first-order chi connectivity index (χ1) is 6.09. The molecule has 6 heteroatoms. The molecular formula is C7H7F2IN2O. The first kappa shape index (κ1) is 9.32. The zero-order valence-corrected chi connectivity index (χ0v) is 8.77. The van der Waals surface area contributed by atoms with Gasteiger partial charge in [-0.25, -0.2) is 0 Å². The molecular weight excluding hydrogens is 293 g/mol. The highest BCUT2D eigenvalue weighted by Gasteiger charge is 2.35. The number of nitrogens with one attached hydrogen (secondary N) is 1. The number of H-pyrrole nitrogens is 1. The van der Waals surface area contributed by atoms with E-state index in [4.69, 9.17) is 4.74 Å². The molecule has 0 unspecified atom stereocenters. The van der Waals surface area contributed by atoms with Crippen molar-refractivity contribution >= 4 is 22.6 Å². The van der Waals surface area contributed by atoms with E-state index >= 15 is 0 Å². The highest BCUT2D eigenvalue weighted by molar-refractivity contribution is 14.1. The Bertz CT molecular complexity index is 321. The summed E-state index contributed by atoms with van der Waals surface area (Å²) in [6.07, 6.45) is 0.634. The molecule has 0 saturated heterocycles. The van der Waals surface area contributed by atoms with Crippen LogP contribution in [0.1, 0.15) is 17.0 Å². The fraction of sp³-hybridized carbons (Fsp3) is 0.571. The van der Waals surface area contributed by atoms with Crippen molar-refractivity contribution in [3.8, 4) is 0 Å². The predicted octanol–water partition coefficient (Wildman–Crippen LogP) is 1.97. The standard InChI is InChI=1S/C7H7F2IN2O/c8-7(9,10)6-4-3-13-2-1-5(4)11-12-6/h1-3H2,(H,11,12).